The van der Waals surface area contributed by atoms with Gasteiger partial charge in [-0.1, -0.05) is 6.92 Å². The molecule has 1 amide bonds. The van der Waals surface area contributed by atoms with Crippen LogP contribution in [0.15, 0.2) is 24.3 Å². The van der Waals surface area contributed by atoms with Crippen molar-refractivity contribution in [3.05, 3.63) is 24.3 Å². The van der Waals surface area contributed by atoms with Gasteiger partial charge in [-0.15, -0.1) is 0 Å². The van der Waals surface area contributed by atoms with Crippen molar-refractivity contribution < 1.29 is 9.53 Å². The highest BCUT2D eigenvalue weighted by Crippen LogP contribution is 2.25. The van der Waals surface area contributed by atoms with Crippen LogP contribution in [0.5, 0.6) is 5.75 Å². The summed E-state index contributed by atoms with van der Waals surface area (Å²) in [6.45, 7) is 3.13. The third kappa shape index (κ3) is 4.01. The van der Waals surface area contributed by atoms with Gasteiger partial charge in [-0.2, -0.15) is 0 Å². The predicted molar refractivity (Wildman–Crippen MR) is 88.1 cm³/mol. The number of benzene rings is 1. The minimum atomic E-state index is -0.0711. The van der Waals surface area contributed by atoms with Crippen molar-refractivity contribution in [1.82, 2.24) is 5.32 Å². The number of amides is 1. The zero-order valence-electron chi connectivity index (χ0n) is 13.3. The van der Waals surface area contributed by atoms with Gasteiger partial charge in [0.05, 0.1) is 12.1 Å². The number of ether oxygens (including phenoxy) is 1. The second-order valence-electron chi connectivity index (χ2n) is 6.67. The number of hydrogen-bond donors (Lipinski definition) is 2. The van der Waals surface area contributed by atoms with Crippen LogP contribution in [-0.4, -0.2) is 24.6 Å². The smallest absolute Gasteiger partial charge is 0.241 e. The lowest BCUT2D eigenvalue weighted by atomic mass is 9.94. The van der Waals surface area contributed by atoms with Crippen LogP contribution in [0.3, 0.4) is 0 Å². The van der Waals surface area contributed by atoms with E-state index in [4.69, 9.17) is 4.74 Å². The molecule has 0 bridgehead atoms. The van der Waals surface area contributed by atoms with E-state index in [0.29, 0.717) is 12.0 Å². The topological polar surface area (TPSA) is 50.4 Å². The molecule has 1 saturated carbocycles. The molecule has 2 atom stereocenters. The van der Waals surface area contributed by atoms with Crippen LogP contribution in [0.4, 0.5) is 5.69 Å². The zero-order valence-corrected chi connectivity index (χ0v) is 13.3. The minimum absolute atomic E-state index is 0.0658. The summed E-state index contributed by atoms with van der Waals surface area (Å²) in [5.41, 5.74) is 0.837. The second kappa shape index (κ2) is 7.14. The molecule has 1 saturated heterocycles. The summed E-state index contributed by atoms with van der Waals surface area (Å²) in [5, 5.41) is 6.29. The molecule has 2 N–H and O–H groups in total. The van der Waals surface area contributed by atoms with E-state index < -0.39 is 0 Å². The molecular formula is C18H26N2O2. The molecule has 1 aliphatic heterocycles. The van der Waals surface area contributed by atoms with Crippen molar-refractivity contribution in [2.24, 2.45) is 5.92 Å². The summed E-state index contributed by atoms with van der Waals surface area (Å²) < 4.78 is 5.94. The number of hydrogen-bond acceptors (Lipinski definition) is 3. The molecule has 1 heterocycles. The van der Waals surface area contributed by atoms with E-state index in [9.17, 15) is 4.79 Å². The monoisotopic (exact) mass is 302 g/mol. The Kier molecular flexibility index (Phi) is 4.98. The number of rotatable bonds is 4. The summed E-state index contributed by atoms with van der Waals surface area (Å²) in [7, 11) is 0. The molecule has 2 unspecified atom stereocenters. The van der Waals surface area contributed by atoms with Crippen LogP contribution in [0.25, 0.3) is 0 Å². The Balaban J connectivity index is 1.52. The quantitative estimate of drug-likeness (QED) is 0.897. The first-order chi connectivity index (χ1) is 10.7. The second-order valence-corrected chi connectivity index (χ2v) is 6.67. The van der Waals surface area contributed by atoms with Crippen LogP contribution < -0.4 is 15.4 Å². The normalized spacial score (nSPS) is 25.9. The van der Waals surface area contributed by atoms with Crippen molar-refractivity contribution in [3.8, 4) is 5.75 Å². The number of anilines is 1. The summed E-state index contributed by atoms with van der Waals surface area (Å²) in [4.78, 5) is 12.3. The van der Waals surface area contributed by atoms with Crippen LogP contribution in [0, 0.1) is 5.92 Å². The van der Waals surface area contributed by atoms with Gasteiger partial charge < -0.3 is 15.4 Å². The van der Waals surface area contributed by atoms with Gasteiger partial charge in [0.15, 0.2) is 0 Å². The Morgan fingerprint density at radius 3 is 2.59 bits per heavy atom. The molecule has 4 nitrogen and oxygen atoms in total. The molecule has 3 rings (SSSR count). The first-order valence-corrected chi connectivity index (χ1v) is 8.51. The first kappa shape index (κ1) is 15.3. The maximum atomic E-state index is 12.3. The molecule has 22 heavy (non-hydrogen) atoms. The van der Waals surface area contributed by atoms with Crippen molar-refractivity contribution in [1.29, 1.82) is 0 Å². The van der Waals surface area contributed by atoms with E-state index in [1.165, 1.54) is 12.8 Å². The Labute approximate surface area is 132 Å². The average molecular weight is 302 g/mol. The summed E-state index contributed by atoms with van der Waals surface area (Å²) in [6.07, 6.45) is 7.28. The fourth-order valence-electron chi connectivity index (χ4n) is 3.35. The van der Waals surface area contributed by atoms with Gasteiger partial charge in [0.1, 0.15) is 5.75 Å². The maximum absolute atomic E-state index is 12.3. The van der Waals surface area contributed by atoms with Crippen molar-refractivity contribution in [2.75, 3.05) is 11.9 Å². The van der Waals surface area contributed by atoms with Gasteiger partial charge in [-0.05, 0) is 75.3 Å². The molecular weight excluding hydrogens is 276 g/mol. The highest BCUT2D eigenvalue weighted by Gasteiger charge is 2.24. The Morgan fingerprint density at radius 2 is 1.91 bits per heavy atom. The van der Waals surface area contributed by atoms with Gasteiger partial charge >= 0.3 is 0 Å². The third-order valence-electron chi connectivity index (χ3n) is 4.71. The number of nitrogens with one attached hydrogen (secondary N) is 2. The number of piperidine rings is 1. The van der Waals surface area contributed by atoms with Crippen molar-refractivity contribution in [2.45, 2.75) is 57.6 Å². The third-order valence-corrected chi connectivity index (χ3v) is 4.71. The molecule has 2 fully saturated rings. The van der Waals surface area contributed by atoms with Crippen LogP contribution in [0.1, 0.15) is 45.4 Å². The first-order valence-electron chi connectivity index (χ1n) is 8.51. The standard InChI is InChI=1S/C18H26N2O2/c1-13-10-11-19-17(12-13)18(21)20-14-6-8-16(9-7-14)22-15-4-2-3-5-15/h6-9,13,15,17,19H,2-5,10-12H2,1H3,(H,20,21). The van der Waals surface area contributed by atoms with E-state index in [1.807, 2.05) is 24.3 Å². The molecule has 4 heteroatoms. The SMILES string of the molecule is CC1CCNC(C(=O)Nc2ccc(OC3CCCC3)cc2)C1. The van der Waals surface area contributed by atoms with E-state index in [1.54, 1.807) is 0 Å². The fourth-order valence-corrected chi connectivity index (χ4v) is 3.35. The molecule has 120 valence electrons. The largest absolute Gasteiger partial charge is 0.490 e. The van der Waals surface area contributed by atoms with E-state index >= 15 is 0 Å². The minimum Gasteiger partial charge on any atom is -0.490 e. The predicted octanol–water partition coefficient (Wildman–Crippen LogP) is 3.33. The fraction of sp³-hybridized carbons (Fsp3) is 0.611. The summed E-state index contributed by atoms with van der Waals surface area (Å²) in [5.74, 6) is 1.57. The Morgan fingerprint density at radius 1 is 1.18 bits per heavy atom. The molecule has 1 aromatic carbocycles. The summed E-state index contributed by atoms with van der Waals surface area (Å²) in [6, 6.07) is 7.68. The lowest BCUT2D eigenvalue weighted by Crippen LogP contribution is -2.45. The Hall–Kier alpha value is -1.55. The van der Waals surface area contributed by atoms with Gasteiger partial charge in [-0.25, -0.2) is 0 Å². The maximum Gasteiger partial charge on any atom is 0.241 e. The molecule has 1 aliphatic carbocycles. The van der Waals surface area contributed by atoms with Gasteiger partial charge in [-0.3, -0.25) is 4.79 Å². The van der Waals surface area contributed by atoms with Crippen molar-refractivity contribution >= 4 is 11.6 Å². The summed E-state index contributed by atoms with van der Waals surface area (Å²) >= 11 is 0. The van der Waals surface area contributed by atoms with Crippen LogP contribution in [0.2, 0.25) is 0 Å². The average Bonchev–Trinajstić information content (AvgIpc) is 3.02. The molecule has 1 aromatic rings. The molecule has 0 aromatic heterocycles. The van der Waals surface area contributed by atoms with Gasteiger partial charge in [0.2, 0.25) is 5.91 Å². The van der Waals surface area contributed by atoms with E-state index in [0.717, 1.165) is 43.7 Å². The van der Waals surface area contributed by atoms with Crippen LogP contribution in [-0.2, 0) is 4.79 Å². The van der Waals surface area contributed by atoms with Gasteiger partial charge in [0.25, 0.3) is 0 Å². The zero-order chi connectivity index (χ0) is 15.4. The van der Waals surface area contributed by atoms with Crippen LogP contribution >= 0.6 is 0 Å². The molecule has 0 radical (unpaired) electrons. The molecule has 0 spiro atoms. The van der Waals surface area contributed by atoms with E-state index in [2.05, 4.69) is 17.6 Å². The van der Waals surface area contributed by atoms with Crippen molar-refractivity contribution in [3.63, 3.8) is 0 Å². The lowest BCUT2D eigenvalue weighted by molar-refractivity contribution is -0.119. The number of carbonyl (C=O) groups is 1. The highest BCUT2D eigenvalue weighted by atomic mass is 16.5. The number of carbonyl (C=O) groups excluding carboxylic acids is 1. The van der Waals surface area contributed by atoms with Gasteiger partial charge in [0, 0.05) is 5.69 Å². The Bertz CT molecular complexity index is 494. The molecule has 2 aliphatic rings. The lowest BCUT2D eigenvalue weighted by Gasteiger charge is -2.27. The van der Waals surface area contributed by atoms with E-state index in [-0.39, 0.29) is 11.9 Å². The highest BCUT2D eigenvalue weighted by molar-refractivity contribution is 5.94.